The molecule has 28 heavy (non-hydrogen) atoms. The van der Waals surface area contributed by atoms with E-state index in [1.807, 2.05) is 65.7 Å². The summed E-state index contributed by atoms with van der Waals surface area (Å²) in [5.74, 6) is 0.357. The number of carbonyl (C=O) groups excluding carboxylic acids is 1. The molecule has 0 spiro atoms. The van der Waals surface area contributed by atoms with Crippen molar-refractivity contribution in [1.29, 1.82) is 0 Å². The molecule has 0 aliphatic carbocycles. The number of pyridine rings is 1. The third kappa shape index (κ3) is 4.85. The second kappa shape index (κ2) is 8.83. The highest BCUT2D eigenvalue weighted by Gasteiger charge is 2.15. The fourth-order valence-electron chi connectivity index (χ4n) is 3.31. The molecule has 3 aromatic rings. The van der Waals surface area contributed by atoms with E-state index in [1.54, 1.807) is 0 Å². The lowest BCUT2D eigenvalue weighted by atomic mass is 10.1. The Morgan fingerprint density at radius 2 is 1.79 bits per heavy atom. The normalized spacial score (nSPS) is 12.0. The second-order valence-electron chi connectivity index (χ2n) is 7.58. The van der Waals surface area contributed by atoms with Crippen LogP contribution >= 0.6 is 0 Å². The van der Waals surface area contributed by atoms with Crippen LogP contribution in [-0.2, 0) is 24.3 Å². The fraction of sp³-hybridized carbons (Fsp3) is 0.348. The summed E-state index contributed by atoms with van der Waals surface area (Å²) in [6.45, 7) is 9.86. The van der Waals surface area contributed by atoms with Crippen molar-refractivity contribution >= 4 is 5.91 Å². The van der Waals surface area contributed by atoms with Crippen molar-refractivity contribution in [1.82, 2.24) is 14.3 Å². The van der Waals surface area contributed by atoms with Gasteiger partial charge >= 0.3 is 0 Å². The SMILES string of the molecule is Cc1nn(CC(C)C)c(C)c1CC(=O)N=c1ccccn1Cc1ccccc1. The van der Waals surface area contributed by atoms with Crippen molar-refractivity contribution in [3.8, 4) is 0 Å². The highest BCUT2D eigenvalue weighted by atomic mass is 16.1. The highest BCUT2D eigenvalue weighted by molar-refractivity contribution is 5.79. The number of rotatable bonds is 6. The molecule has 2 aromatic heterocycles. The van der Waals surface area contributed by atoms with Crippen LogP contribution in [0, 0.1) is 19.8 Å². The van der Waals surface area contributed by atoms with Gasteiger partial charge in [-0.05, 0) is 37.5 Å². The largest absolute Gasteiger partial charge is 0.328 e. The summed E-state index contributed by atoms with van der Waals surface area (Å²) in [4.78, 5) is 17.1. The number of aromatic nitrogens is 3. The van der Waals surface area contributed by atoms with E-state index in [9.17, 15) is 4.79 Å². The molecule has 0 fully saturated rings. The molecule has 5 nitrogen and oxygen atoms in total. The van der Waals surface area contributed by atoms with E-state index in [1.165, 1.54) is 5.56 Å². The van der Waals surface area contributed by atoms with E-state index >= 15 is 0 Å². The number of carbonyl (C=O) groups is 1. The minimum atomic E-state index is -0.150. The molecule has 0 saturated carbocycles. The van der Waals surface area contributed by atoms with Crippen LogP contribution in [0.2, 0.25) is 0 Å². The molecule has 1 aromatic carbocycles. The predicted molar refractivity (Wildman–Crippen MR) is 111 cm³/mol. The van der Waals surface area contributed by atoms with Crippen LogP contribution in [0.15, 0.2) is 59.7 Å². The first-order valence-electron chi connectivity index (χ1n) is 9.74. The molecule has 0 N–H and O–H groups in total. The average molecular weight is 377 g/mol. The van der Waals surface area contributed by atoms with Crippen LogP contribution in [0.5, 0.6) is 0 Å². The molecule has 5 heteroatoms. The van der Waals surface area contributed by atoms with Crippen LogP contribution in [0.1, 0.15) is 36.4 Å². The minimum absolute atomic E-state index is 0.150. The lowest BCUT2D eigenvalue weighted by Crippen LogP contribution is -2.22. The van der Waals surface area contributed by atoms with Crippen LogP contribution in [0.4, 0.5) is 0 Å². The molecule has 0 radical (unpaired) electrons. The zero-order valence-corrected chi connectivity index (χ0v) is 17.1. The number of hydrogen-bond acceptors (Lipinski definition) is 2. The number of benzene rings is 1. The Balaban J connectivity index is 1.83. The number of amides is 1. The summed E-state index contributed by atoms with van der Waals surface area (Å²) >= 11 is 0. The van der Waals surface area contributed by atoms with Gasteiger partial charge in [0.2, 0.25) is 0 Å². The van der Waals surface area contributed by atoms with Gasteiger partial charge in [-0.15, -0.1) is 0 Å². The molecule has 3 rings (SSSR count). The lowest BCUT2D eigenvalue weighted by Gasteiger charge is -2.08. The van der Waals surface area contributed by atoms with Gasteiger partial charge in [0, 0.05) is 30.5 Å². The first-order chi connectivity index (χ1) is 13.4. The van der Waals surface area contributed by atoms with Gasteiger partial charge in [-0.3, -0.25) is 9.48 Å². The number of nitrogens with zero attached hydrogens (tertiary/aromatic N) is 4. The molecule has 1 amide bonds. The summed E-state index contributed by atoms with van der Waals surface area (Å²) in [6.07, 6.45) is 2.23. The summed E-state index contributed by atoms with van der Waals surface area (Å²) < 4.78 is 4.00. The van der Waals surface area contributed by atoms with Gasteiger partial charge in [0.15, 0.2) is 0 Å². The zero-order chi connectivity index (χ0) is 20.1. The summed E-state index contributed by atoms with van der Waals surface area (Å²) in [7, 11) is 0. The molecule has 0 unspecified atom stereocenters. The standard InChI is InChI=1S/C23H28N4O/c1-17(2)15-27-19(4)21(18(3)25-27)14-23(28)24-22-12-8-9-13-26(22)16-20-10-6-5-7-11-20/h5-13,17H,14-16H2,1-4H3. The van der Waals surface area contributed by atoms with Crippen LogP contribution in [0.25, 0.3) is 0 Å². The Hall–Kier alpha value is -2.95. The fourth-order valence-corrected chi connectivity index (χ4v) is 3.31. The van der Waals surface area contributed by atoms with Crippen LogP contribution < -0.4 is 5.49 Å². The third-order valence-corrected chi connectivity index (χ3v) is 4.75. The second-order valence-corrected chi connectivity index (χ2v) is 7.58. The maximum atomic E-state index is 12.7. The van der Waals surface area contributed by atoms with E-state index in [0.717, 1.165) is 23.5 Å². The van der Waals surface area contributed by atoms with E-state index in [-0.39, 0.29) is 12.3 Å². The summed E-state index contributed by atoms with van der Waals surface area (Å²) in [5, 5.41) is 4.60. The van der Waals surface area contributed by atoms with Crippen molar-refractivity contribution in [3.63, 3.8) is 0 Å². The third-order valence-electron chi connectivity index (χ3n) is 4.75. The minimum Gasteiger partial charge on any atom is -0.328 e. The van der Waals surface area contributed by atoms with E-state index < -0.39 is 0 Å². The molecule has 0 aliphatic heterocycles. The Morgan fingerprint density at radius 1 is 1.07 bits per heavy atom. The van der Waals surface area contributed by atoms with Crippen molar-refractivity contribution in [2.24, 2.45) is 10.9 Å². The Labute approximate surface area is 166 Å². The van der Waals surface area contributed by atoms with Crippen LogP contribution in [0.3, 0.4) is 0 Å². The molecule has 0 aliphatic rings. The highest BCUT2D eigenvalue weighted by Crippen LogP contribution is 2.15. The molecule has 2 heterocycles. The molecule has 0 bridgehead atoms. The first kappa shape index (κ1) is 19.8. The maximum absolute atomic E-state index is 12.7. The van der Waals surface area contributed by atoms with E-state index in [4.69, 9.17) is 0 Å². The van der Waals surface area contributed by atoms with Gasteiger partial charge in [-0.1, -0.05) is 50.2 Å². The van der Waals surface area contributed by atoms with E-state index in [0.29, 0.717) is 18.0 Å². The quantitative estimate of drug-likeness (QED) is 0.659. The van der Waals surface area contributed by atoms with Crippen molar-refractivity contribution < 1.29 is 4.79 Å². The van der Waals surface area contributed by atoms with Crippen molar-refractivity contribution in [3.05, 3.63) is 82.7 Å². The topological polar surface area (TPSA) is 52.2 Å². The Morgan fingerprint density at radius 3 is 2.50 bits per heavy atom. The molecule has 146 valence electrons. The average Bonchev–Trinajstić information content (AvgIpc) is 2.91. The summed E-state index contributed by atoms with van der Waals surface area (Å²) in [5.41, 5.74) is 4.79. The maximum Gasteiger partial charge on any atom is 0.252 e. The van der Waals surface area contributed by atoms with Gasteiger partial charge in [0.05, 0.1) is 12.1 Å². The molecular formula is C23H28N4O. The monoisotopic (exact) mass is 376 g/mol. The van der Waals surface area contributed by atoms with Gasteiger partial charge < -0.3 is 4.57 Å². The van der Waals surface area contributed by atoms with Gasteiger partial charge in [0.25, 0.3) is 5.91 Å². The Bertz CT molecular complexity index is 1010. The zero-order valence-electron chi connectivity index (χ0n) is 17.1. The van der Waals surface area contributed by atoms with E-state index in [2.05, 4.69) is 36.1 Å². The molecular weight excluding hydrogens is 348 g/mol. The van der Waals surface area contributed by atoms with Gasteiger partial charge in [-0.25, -0.2) is 0 Å². The predicted octanol–water partition coefficient (Wildman–Crippen LogP) is 3.68. The smallest absolute Gasteiger partial charge is 0.252 e. The Kier molecular flexibility index (Phi) is 6.24. The molecule has 0 atom stereocenters. The number of hydrogen-bond donors (Lipinski definition) is 0. The van der Waals surface area contributed by atoms with Gasteiger partial charge in [0.1, 0.15) is 5.49 Å². The first-order valence-corrected chi connectivity index (χ1v) is 9.74. The lowest BCUT2D eigenvalue weighted by molar-refractivity contribution is -0.117. The molecule has 0 saturated heterocycles. The van der Waals surface area contributed by atoms with Crippen LogP contribution in [-0.4, -0.2) is 20.3 Å². The van der Waals surface area contributed by atoms with Crippen molar-refractivity contribution in [2.75, 3.05) is 0 Å². The summed E-state index contributed by atoms with van der Waals surface area (Å²) in [6, 6.07) is 15.9. The number of aryl methyl sites for hydroxylation is 1. The van der Waals surface area contributed by atoms with Crippen molar-refractivity contribution in [2.45, 2.75) is 47.2 Å². The van der Waals surface area contributed by atoms with Gasteiger partial charge in [-0.2, -0.15) is 10.1 Å².